The molecule has 1 spiro atoms. The van der Waals surface area contributed by atoms with E-state index in [2.05, 4.69) is 15.8 Å². The lowest BCUT2D eigenvalue weighted by Gasteiger charge is -2.06. The molecule has 1 heterocycles. The Labute approximate surface area is 62.8 Å². The molecule has 2 atom stereocenters. The van der Waals surface area contributed by atoms with Gasteiger partial charge in [0.15, 0.2) is 0 Å². The number of aliphatic carboxylic acids is 1. The molecule has 5 nitrogen and oxygen atoms in total. The maximum atomic E-state index is 10.5. The van der Waals surface area contributed by atoms with Gasteiger partial charge in [-0.25, -0.2) is 0 Å². The van der Waals surface area contributed by atoms with E-state index in [0.29, 0.717) is 6.42 Å². The zero-order chi connectivity index (χ0) is 7.90. The number of carbonyl (C=O) groups is 1. The van der Waals surface area contributed by atoms with Crippen LogP contribution in [0.4, 0.5) is 0 Å². The number of hydrogen-bond donors (Lipinski definition) is 2. The topological polar surface area (TPSA) is 74.0 Å². The smallest absolute Gasteiger partial charge is 0.309 e. The van der Waals surface area contributed by atoms with E-state index in [-0.39, 0.29) is 5.92 Å². The largest absolute Gasteiger partial charge is 0.481 e. The van der Waals surface area contributed by atoms with E-state index >= 15 is 0 Å². The molecule has 0 amide bonds. The molecule has 0 unspecified atom stereocenters. The first kappa shape index (κ1) is 6.33. The summed E-state index contributed by atoms with van der Waals surface area (Å²) in [6.07, 6.45) is 3.94. The minimum Gasteiger partial charge on any atom is -0.481 e. The van der Waals surface area contributed by atoms with Crippen molar-refractivity contribution in [3.63, 3.8) is 0 Å². The summed E-state index contributed by atoms with van der Waals surface area (Å²) in [6, 6.07) is 0. The molecule has 1 saturated carbocycles. The highest BCUT2D eigenvalue weighted by atomic mass is 16.4. The van der Waals surface area contributed by atoms with Gasteiger partial charge in [0, 0.05) is 6.20 Å². The summed E-state index contributed by atoms with van der Waals surface area (Å²) in [6.45, 7) is 0. The Balaban J connectivity index is 2.16. The summed E-state index contributed by atoms with van der Waals surface area (Å²) in [5.74, 6) is -1.17. The Hall–Kier alpha value is -1.39. The number of carboxylic acid groups (broad SMARTS) is 1. The molecule has 2 aliphatic rings. The fourth-order valence-electron chi connectivity index (χ4n) is 1.23. The van der Waals surface area contributed by atoms with Crippen LogP contribution >= 0.6 is 0 Å². The average molecular weight is 153 g/mol. The Morgan fingerprint density at radius 1 is 1.82 bits per heavy atom. The molecule has 1 aliphatic carbocycles. The van der Waals surface area contributed by atoms with Gasteiger partial charge < -0.3 is 5.11 Å². The van der Waals surface area contributed by atoms with Crippen molar-refractivity contribution >= 4 is 5.97 Å². The lowest BCUT2D eigenvalue weighted by molar-refractivity contribution is -0.138. The van der Waals surface area contributed by atoms with E-state index in [4.69, 9.17) is 5.11 Å². The van der Waals surface area contributed by atoms with Gasteiger partial charge in [-0.05, 0) is 12.5 Å². The lowest BCUT2D eigenvalue weighted by Crippen LogP contribution is -2.15. The molecule has 5 heteroatoms. The van der Waals surface area contributed by atoms with Gasteiger partial charge in [0.25, 0.3) is 0 Å². The number of nitrogens with one attached hydrogen (secondary N) is 1. The SMILES string of the molecule is O=C(O)[C@@H]1C[C@]12C=CNN=N2. The van der Waals surface area contributed by atoms with Gasteiger partial charge in [0.2, 0.25) is 0 Å². The fraction of sp³-hybridized carbons (Fsp3) is 0.500. The molecule has 0 aromatic rings. The molecule has 1 aliphatic heterocycles. The second-order valence-corrected chi connectivity index (χ2v) is 2.75. The van der Waals surface area contributed by atoms with Crippen LogP contribution in [0.3, 0.4) is 0 Å². The van der Waals surface area contributed by atoms with Crippen molar-refractivity contribution < 1.29 is 9.90 Å². The molecular formula is C6H7N3O2. The van der Waals surface area contributed by atoms with Crippen LogP contribution in [0, 0.1) is 5.92 Å². The van der Waals surface area contributed by atoms with Gasteiger partial charge in [-0.1, -0.05) is 5.22 Å². The van der Waals surface area contributed by atoms with E-state index in [1.54, 1.807) is 12.3 Å². The van der Waals surface area contributed by atoms with Crippen molar-refractivity contribution in [2.45, 2.75) is 12.0 Å². The molecule has 2 N–H and O–H groups in total. The Morgan fingerprint density at radius 2 is 2.64 bits per heavy atom. The summed E-state index contributed by atoms with van der Waals surface area (Å²) in [5, 5.41) is 16.0. The van der Waals surface area contributed by atoms with E-state index in [1.165, 1.54) is 0 Å². The molecule has 58 valence electrons. The third-order valence-electron chi connectivity index (χ3n) is 2.01. The Kier molecular flexibility index (Phi) is 1.04. The van der Waals surface area contributed by atoms with Gasteiger partial charge in [0.05, 0.1) is 5.92 Å². The van der Waals surface area contributed by atoms with Crippen molar-refractivity contribution in [2.24, 2.45) is 16.3 Å². The summed E-state index contributed by atoms with van der Waals surface area (Å²) in [5.41, 5.74) is 2.01. The zero-order valence-electron chi connectivity index (χ0n) is 5.69. The van der Waals surface area contributed by atoms with Crippen LogP contribution in [0.2, 0.25) is 0 Å². The number of carboxylic acids is 1. The summed E-state index contributed by atoms with van der Waals surface area (Å²) >= 11 is 0. The molecule has 0 radical (unpaired) electrons. The van der Waals surface area contributed by atoms with Gasteiger partial charge in [0.1, 0.15) is 5.54 Å². The van der Waals surface area contributed by atoms with E-state index < -0.39 is 11.5 Å². The van der Waals surface area contributed by atoms with Crippen molar-refractivity contribution in [2.75, 3.05) is 0 Å². The highest BCUT2D eigenvalue weighted by molar-refractivity contribution is 5.77. The van der Waals surface area contributed by atoms with E-state index in [0.717, 1.165) is 0 Å². The first-order chi connectivity index (χ1) is 5.25. The van der Waals surface area contributed by atoms with Crippen molar-refractivity contribution in [1.82, 2.24) is 5.43 Å². The summed E-state index contributed by atoms with van der Waals surface area (Å²) in [4.78, 5) is 10.5. The molecule has 0 bridgehead atoms. The summed E-state index contributed by atoms with van der Waals surface area (Å²) < 4.78 is 0. The minimum absolute atomic E-state index is 0.371. The van der Waals surface area contributed by atoms with Crippen molar-refractivity contribution in [1.29, 1.82) is 0 Å². The minimum atomic E-state index is -0.796. The van der Waals surface area contributed by atoms with E-state index in [1.807, 2.05) is 0 Å². The van der Waals surface area contributed by atoms with Crippen LogP contribution in [0.5, 0.6) is 0 Å². The highest BCUT2D eigenvalue weighted by Crippen LogP contribution is 2.49. The second kappa shape index (κ2) is 1.81. The molecular weight excluding hydrogens is 146 g/mol. The first-order valence-corrected chi connectivity index (χ1v) is 3.32. The lowest BCUT2D eigenvalue weighted by atomic mass is 10.2. The number of rotatable bonds is 1. The second-order valence-electron chi connectivity index (χ2n) is 2.75. The fourth-order valence-corrected chi connectivity index (χ4v) is 1.23. The van der Waals surface area contributed by atoms with Crippen LogP contribution in [0.15, 0.2) is 22.6 Å². The first-order valence-electron chi connectivity index (χ1n) is 3.32. The Bertz CT molecular complexity index is 247. The molecule has 0 saturated heterocycles. The normalized spacial score (nSPS) is 38.7. The van der Waals surface area contributed by atoms with Gasteiger partial charge >= 0.3 is 5.97 Å². The van der Waals surface area contributed by atoms with E-state index in [9.17, 15) is 4.79 Å². The summed E-state index contributed by atoms with van der Waals surface area (Å²) in [7, 11) is 0. The van der Waals surface area contributed by atoms with Crippen LogP contribution in [0.25, 0.3) is 0 Å². The van der Waals surface area contributed by atoms with Crippen LogP contribution in [0.1, 0.15) is 6.42 Å². The maximum absolute atomic E-state index is 10.5. The predicted molar refractivity (Wildman–Crippen MR) is 35.6 cm³/mol. The number of nitrogens with zero attached hydrogens (tertiary/aromatic N) is 2. The maximum Gasteiger partial charge on any atom is 0.309 e. The van der Waals surface area contributed by atoms with Crippen molar-refractivity contribution in [3.8, 4) is 0 Å². The van der Waals surface area contributed by atoms with Crippen LogP contribution < -0.4 is 5.43 Å². The van der Waals surface area contributed by atoms with Gasteiger partial charge in [-0.3, -0.25) is 10.2 Å². The zero-order valence-corrected chi connectivity index (χ0v) is 5.69. The monoisotopic (exact) mass is 153 g/mol. The third-order valence-corrected chi connectivity index (χ3v) is 2.01. The standard InChI is InChI=1S/C6H7N3O2/c10-5(11)4-3-6(4)1-2-7-9-8-6/h1-2,4H,3H2,(H,7,8)(H,10,11)/t4-,6+/m0/s1. The molecule has 0 aromatic carbocycles. The Morgan fingerprint density at radius 3 is 3.09 bits per heavy atom. The molecule has 11 heavy (non-hydrogen) atoms. The molecule has 0 aromatic heterocycles. The van der Waals surface area contributed by atoms with Crippen molar-refractivity contribution in [3.05, 3.63) is 12.3 Å². The molecule has 2 rings (SSSR count). The quantitative estimate of drug-likeness (QED) is 0.569. The molecule has 1 fully saturated rings. The third kappa shape index (κ3) is 0.806. The number of hydrogen-bond acceptors (Lipinski definition) is 4. The van der Waals surface area contributed by atoms with Crippen LogP contribution in [-0.4, -0.2) is 16.6 Å². The highest BCUT2D eigenvalue weighted by Gasteiger charge is 2.59. The average Bonchev–Trinajstić information content (AvgIpc) is 2.66. The van der Waals surface area contributed by atoms with Gasteiger partial charge in [-0.2, -0.15) is 5.11 Å². The van der Waals surface area contributed by atoms with Crippen LogP contribution in [-0.2, 0) is 4.79 Å². The van der Waals surface area contributed by atoms with Gasteiger partial charge in [-0.15, -0.1) is 0 Å². The predicted octanol–water partition coefficient (Wildman–Crippen LogP) is 0.314.